The van der Waals surface area contributed by atoms with Gasteiger partial charge in [0.25, 0.3) is 5.91 Å². The second-order valence-corrected chi connectivity index (χ2v) is 7.29. The Kier molecular flexibility index (Phi) is 5.31. The van der Waals surface area contributed by atoms with Gasteiger partial charge >= 0.3 is 6.03 Å². The molecular weight excluding hydrogens is 380 g/mol. The third-order valence-electron chi connectivity index (χ3n) is 5.32. The molecule has 154 valence electrons. The second-order valence-electron chi connectivity index (χ2n) is 7.29. The summed E-state index contributed by atoms with van der Waals surface area (Å²) in [5.74, 6) is 1.14. The standard InChI is InChI=1S/C24H24N2O4/c1-3-29-18-11-13-19(14-12-18)30-16-15-26-22(27)24(2,25-23(26)28)21-10-6-8-17-7-4-5-9-20(17)21/h4-14H,3,15-16H2,1-2H3,(H,25,28)/t24-/m0/s1. The summed E-state index contributed by atoms with van der Waals surface area (Å²) in [5, 5.41) is 4.85. The lowest BCUT2D eigenvalue weighted by atomic mass is 9.88. The lowest BCUT2D eigenvalue weighted by Crippen LogP contribution is -2.41. The van der Waals surface area contributed by atoms with Crippen molar-refractivity contribution in [1.29, 1.82) is 0 Å². The smallest absolute Gasteiger partial charge is 0.325 e. The molecule has 0 spiro atoms. The zero-order valence-corrected chi connectivity index (χ0v) is 17.1. The minimum Gasteiger partial charge on any atom is -0.494 e. The fraction of sp³-hybridized carbons (Fsp3) is 0.250. The molecule has 1 saturated heterocycles. The van der Waals surface area contributed by atoms with E-state index in [2.05, 4.69) is 5.32 Å². The summed E-state index contributed by atoms with van der Waals surface area (Å²) in [6.07, 6.45) is 0. The SMILES string of the molecule is CCOc1ccc(OCCN2C(=O)N[C@@](C)(c3cccc4ccccc34)C2=O)cc1. The van der Waals surface area contributed by atoms with Gasteiger partial charge in [0.2, 0.25) is 0 Å². The predicted molar refractivity (Wildman–Crippen MR) is 115 cm³/mol. The molecule has 0 radical (unpaired) electrons. The first-order valence-electron chi connectivity index (χ1n) is 10.0. The summed E-state index contributed by atoms with van der Waals surface area (Å²) in [4.78, 5) is 27.0. The topological polar surface area (TPSA) is 67.9 Å². The van der Waals surface area contributed by atoms with Crippen LogP contribution in [0.15, 0.2) is 66.7 Å². The quantitative estimate of drug-likeness (QED) is 0.603. The van der Waals surface area contributed by atoms with Crippen molar-refractivity contribution in [3.8, 4) is 11.5 Å². The molecule has 0 aromatic heterocycles. The van der Waals surface area contributed by atoms with E-state index in [-0.39, 0.29) is 19.1 Å². The molecule has 1 aliphatic heterocycles. The number of hydrogen-bond donors (Lipinski definition) is 1. The number of nitrogens with zero attached hydrogens (tertiary/aromatic N) is 1. The van der Waals surface area contributed by atoms with Gasteiger partial charge in [0.05, 0.1) is 13.2 Å². The van der Waals surface area contributed by atoms with Crippen LogP contribution < -0.4 is 14.8 Å². The Morgan fingerprint density at radius 2 is 1.57 bits per heavy atom. The zero-order valence-electron chi connectivity index (χ0n) is 17.1. The fourth-order valence-electron chi connectivity index (χ4n) is 3.80. The molecule has 6 heteroatoms. The van der Waals surface area contributed by atoms with E-state index < -0.39 is 11.6 Å². The largest absolute Gasteiger partial charge is 0.494 e. The molecule has 0 saturated carbocycles. The van der Waals surface area contributed by atoms with E-state index in [4.69, 9.17) is 9.47 Å². The van der Waals surface area contributed by atoms with Crippen LogP contribution in [-0.2, 0) is 10.3 Å². The lowest BCUT2D eigenvalue weighted by molar-refractivity contribution is -0.131. The molecule has 6 nitrogen and oxygen atoms in total. The average molecular weight is 404 g/mol. The van der Waals surface area contributed by atoms with Crippen molar-refractivity contribution >= 4 is 22.7 Å². The molecule has 1 N–H and O–H groups in total. The summed E-state index contributed by atoms with van der Waals surface area (Å²) in [6, 6.07) is 20.5. The van der Waals surface area contributed by atoms with Gasteiger partial charge in [0, 0.05) is 0 Å². The summed E-state index contributed by atoms with van der Waals surface area (Å²) in [5.41, 5.74) is -0.328. The summed E-state index contributed by atoms with van der Waals surface area (Å²) in [6.45, 7) is 4.65. The zero-order chi connectivity index (χ0) is 21.1. The first-order valence-corrected chi connectivity index (χ1v) is 10.0. The number of rotatable bonds is 7. The molecule has 1 fully saturated rings. The monoisotopic (exact) mass is 404 g/mol. The molecule has 1 atom stereocenters. The van der Waals surface area contributed by atoms with Crippen LogP contribution in [0.2, 0.25) is 0 Å². The van der Waals surface area contributed by atoms with Crippen LogP contribution in [0, 0.1) is 0 Å². The number of benzene rings is 3. The molecule has 0 unspecified atom stereocenters. The Bertz CT molecular complexity index is 1070. The normalized spacial score (nSPS) is 18.5. The van der Waals surface area contributed by atoms with Crippen LogP contribution in [0.25, 0.3) is 10.8 Å². The Balaban J connectivity index is 1.47. The van der Waals surface area contributed by atoms with Crippen LogP contribution in [-0.4, -0.2) is 36.6 Å². The van der Waals surface area contributed by atoms with E-state index in [0.717, 1.165) is 22.1 Å². The van der Waals surface area contributed by atoms with Crippen LogP contribution >= 0.6 is 0 Å². The molecule has 3 aromatic rings. The molecule has 0 aliphatic carbocycles. The lowest BCUT2D eigenvalue weighted by Gasteiger charge is -2.24. The maximum absolute atomic E-state index is 13.2. The van der Waals surface area contributed by atoms with Crippen molar-refractivity contribution in [1.82, 2.24) is 10.2 Å². The van der Waals surface area contributed by atoms with Gasteiger partial charge in [-0.1, -0.05) is 42.5 Å². The van der Waals surface area contributed by atoms with E-state index in [1.54, 1.807) is 19.1 Å². The number of fused-ring (bicyclic) bond motifs is 1. The van der Waals surface area contributed by atoms with Crippen LogP contribution in [0.3, 0.4) is 0 Å². The Morgan fingerprint density at radius 1 is 0.900 bits per heavy atom. The number of ether oxygens (including phenoxy) is 2. The Morgan fingerprint density at radius 3 is 2.30 bits per heavy atom. The van der Waals surface area contributed by atoms with E-state index in [0.29, 0.717) is 12.4 Å². The van der Waals surface area contributed by atoms with Gasteiger partial charge in [0.15, 0.2) is 0 Å². The van der Waals surface area contributed by atoms with Gasteiger partial charge in [-0.3, -0.25) is 9.69 Å². The highest BCUT2D eigenvalue weighted by atomic mass is 16.5. The third kappa shape index (κ3) is 3.56. The number of hydrogen-bond acceptors (Lipinski definition) is 4. The van der Waals surface area contributed by atoms with Crippen molar-refractivity contribution in [2.24, 2.45) is 0 Å². The number of urea groups is 1. The van der Waals surface area contributed by atoms with Gasteiger partial charge in [-0.25, -0.2) is 4.79 Å². The van der Waals surface area contributed by atoms with E-state index in [1.165, 1.54) is 4.90 Å². The average Bonchev–Trinajstić information content (AvgIpc) is 2.98. The molecule has 30 heavy (non-hydrogen) atoms. The van der Waals surface area contributed by atoms with Crippen LogP contribution in [0.5, 0.6) is 11.5 Å². The van der Waals surface area contributed by atoms with Crippen LogP contribution in [0.1, 0.15) is 19.4 Å². The van der Waals surface area contributed by atoms with Gasteiger partial charge in [0.1, 0.15) is 23.6 Å². The Hall–Kier alpha value is -3.54. The van der Waals surface area contributed by atoms with Crippen molar-refractivity contribution in [3.63, 3.8) is 0 Å². The molecule has 1 aliphatic rings. The highest BCUT2D eigenvalue weighted by Gasteiger charge is 2.49. The first kappa shape index (κ1) is 19.8. The summed E-state index contributed by atoms with van der Waals surface area (Å²) < 4.78 is 11.1. The number of imide groups is 1. The molecule has 4 rings (SSSR count). The summed E-state index contributed by atoms with van der Waals surface area (Å²) in [7, 11) is 0. The fourth-order valence-corrected chi connectivity index (χ4v) is 3.80. The van der Waals surface area contributed by atoms with Gasteiger partial charge in [-0.05, 0) is 54.4 Å². The van der Waals surface area contributed by atoms with Crippen molar-refractivity contribution in [3.05, 3.63) is 72.3 Å². The Labute approximate surface area is 175 Å². The minimum atomic E-state index is -1.11. The van der Waals surface area contributed by atoms with Gasteiger partial charge < -0.3 is 14.8 Å². The predicted octanol–water partition coefficient (Wildman–Crippen LogP) is 4.08. The second kappa shape index (κ2) is 8.06. The molecule has 3 aromatic carbocycles. The molecule has 1 heterocycles. The number of nitrogens with one attached hydrogen (secondary N) is 1. The highest BCUT2D eigenvalue weighted by molar-refractivity contribution is 6.09. The minimum absolute atomic E-state index is 0.165. The van der Waals surface area contributed by atoms with E-state index in [1.807, 2.05) is 61.5 Å². The van der Waals surface area contributed by atoms with Crippen molar-refractivity contribution < 1.29 is 19.1 Å². The first-order chi connectivity index (χ1) is 14.5. The van der Waals surface area contributed by atoms with Crippen LogP contribution in [0.4, 0.5) is 4.79 Å². The number of carbonyl (C=O) groups excluding carboxylic acids is 2. The molecule has 0 bridgehead atoms. The maximum Gasteiger partial charge on any atom is 0.325 e. The molecule has 3 amide bonds. The molecular formula is C24H24N2O4. The third-order valence-corrected chi connectivity index (χ3v) is 5.32. The van der Waals surface area contributed by atoms with Crippen molar-refractivity contribution in [2.45, 2.75) is 19.4 Å². The van der Waals surface area contributed by atoms with Gasteiger partial charge in [-0.15, -0.1) is 0 Å². The van der Waals surface area contributed by atoms with Crippen molar-refractivity contribution in [2.75, 3.05) is 19.8 Å². The maximum atomic E-state index is 13.2. The van der Waals surface area contributed by atoms with Gasteiger partial charge in [-0.2, -0.15) is 0 Å². The summed E-state index contributed by atoms with van der Waals surface area (Å²) >= 11 is 0. The number of carbonyl (C=O) groups is 2. The van der Waals surface area contributed by atoms with E-state index >= 15 is 0 Å². The number of amides is 3. The van der Waals surface area contributed by atoms with E-state index in [9.17, 15) is 9.59 Å². The highest BCUT2D eigenvalue weighted by Crippen LogP contribution is 2.33.